The van der Waals surface area contributed by atoms with E-state index in [9.17, 15) is 0 Å². The third-order valence-electron chi connectivity index (χ3n) is 0.149. The van der Waals surface area contributed by atoms with Crippen LogP contribution in [0.5, 0.6) is 0 Å². The van der Waals surface area contributed by atoms with E-state index in [1.165, 1.54) is 0 Å². The molecule has 0 aromatic heterocycles. The first-order chi connectivity index (χ1) is 2.64. The Hall–Kier alpha value is -0.130. The first-order valence-electron chi connectivity index (χ1n) is 0.997. The maximum atomic E-state index is 8.89. The fourth-order valence-electron chi connectivity index (χ4n) is 0. The summed E-state index contributed by atoms with van der Waals surface area (Å²) in [4.78, 5) is 16.2. The zero-order valence-corrected chi connectivity index (χ0v) is 5.58. The van der Waals surface area contributed by atoms with E-state index in [-0.39, 0.29) is 29.6 Å². The van der Waals surface area contributed by atoms with E-state index in [0.29, 0.717) is 0 Å². The number of hydrogen-bond donors (Lipinski definition) is 0. The fourth-order valence-corrected chi connectivity index (χ4v) is 0. The van der Waals surface area contributed by atoms with Crippen molar-refractivity contribution in [1.82, 2.24) is 0 Å². The second kappa shape index (κ2) is 4.04. The van der Waals surface area contributed by atoms with Crippen LogP contribution in [0.3, 0.4) is 0 Å². The molecule has 0 aromatic rings. The minimum atomic E-state index is -2.27. The Labute approximate surface area is 60.8 Å². The number of nitrogens with zero attached hydrogens (tertiary/aromatic N) is 1. The predicted molar refractivity (Wildman–Crippen MR) is 12.4 cm³/mol. The summed E-state index contributed by atoms with van der Waals surface area (Å²) in [7, 11) is 0. The molecule has 0 radical (unpaired) electrons. The molecule has 7 heavy (non-hydrogen) atoms. The van der Waals surface area contributed by atoms with Gasteiger partial charge in [0.15, 0.2) is 0 Å². The Morgan fingerprint density at radius 3 is 1.71 bits per heavy atom. The number of carbonyl (C=O) groups is 1. The summed E-state index contributed by atoms with van der Waals surface area (Å²) in [6.45, 7) is 0. The SMILES string of the molecule is O=C([O-])[N+](=O)[O-].[Na+]. The minimum Gasteiger partial charge on any atom is -0.486 e. The third-order valence-corrected chi connectivity index (χ3v) is 0.149. The second-order valence-corrected chi connectivity index (χ2v) is 0.523. The number of amides is 1. The number of carboxylic acid groups (broad SMARTS) is 1. The van der Waals surface area contributed by atoms with E-state index in [1.54, 1.807) is 0 Å². The van der Waals surface area contributed by atoms with Gasteiger partial charge in [0.25, 0.3) is 0 Å². The van der Waals surface area contributed by atoms with Gasteiger partial charge in [-0.2, -0.15) is 0 Å². The van der Waals surface area contributed by atoms with E-state index in [4.69, 9.17) is 20.0 Å². The summed E-state index contributed by atoms with van der Waals surface area (Å²) in [6, 6.07) is 0. The molecule has 0 saturated heterocycles. The van der Waals surface area contributed by atoms with Crippen LogP contribution in [0.25, 0.3) is 0 Å². The topological polar surface area (TPSA) is 83.3 Å². The number of carbonyl (C=O) groups excluding carboxylic acids is 1. The smallest absolute Gasteiger partial charge is 0.486 e. The Morgan fingerprint density at radius 2 is 1.71 bits per heavy atom. The maximum absolute atomic E-state index is 8.89. The molecule has 6 heteroatoms. The van der Waals surface area contributed by atoms with Crippen LogP contribution in [0.4, 0.5) is 4.79 Å². The molecule has 0 fully saturated rings. The summed E-state index contributed by atoms with van der Waals surface area (Å²) in [5, 5.41) is 17.7. The van der Waals surface area contributed by atoms with Crippen LogP contribution in [0.2, 0.25) is 0 Å². The Morgan fingerprint density at radius 1 is 1.57 bits per heavy atom. The normalized spacial score (nSPS) is 6.29. The van der Waals surface area contributed by atoms with Crippen LogP contribution in [-0.2, 0) is 0 Å². The van der Waals surface area contributed by atoms with Crippen molar-refractivity contribution in [3.63, 3.8) is 0 Å². The van der Waals surface area contributed by atoms with Gasteiger partial charge in [-0.1, -0.05) is 0 Å². The van der Waals surface area contributed by atoms with E-state index < -0.39 is 11.0 Å². The van der Waals surface area contributed by atoms with Gasteiger partial charge in [-0.05, 0) is 0 Å². The molecule has 0 aliphatic heterocycles. The van der Waals surface area contributed by atoms with Crippen molar-refractivity contribution in [3.05, 3.63) is 10.1 Å². The second-order valence-electron chi connectivity index (χ2n) is 0.523. The summed E-state index contributed by atoms with van der Waals surface area (Å²) in [5.41, 5.74) is 0. The Kier molecular flexibility index (Phi) is 5.76. The summed E-state index contributed by atoms with van der Waals surface area (Å²) in [5.74, 6) is 0. The van der Waals surface area contributed by atoms with Gasteiger partial charge >= 0.3 is 35.7 Å². The maximum Gasteiger partial charge on any atom is 1.00 e. The van der Waals surface area contributed by atoms with Gasteiger partial charge < -0.3 is 9.90 Å². The predicted octanol–water partition coefficient (Wildman–Crippen LogP) is -4.39. The van der Waals surface area contributed by atoms with E-state index >= 15 is 0 Å². The monoisotopic (exact) mass is 113 g/mol. The number of rotatable bonds is 0. The number of nitro groups is 1. The van der Waals surface area contributed by atoms with Crippen molar-refractivity contribution in [2.24, 2.45) is 0 Å². The van der Waals surface area contributed by atoms with Gasteiger partial charge in [0, 0.05) is 0 Å². The average molecular weight is 113 g/mol. The van der Waals surface area contributed by atoms with E-state index in [1.807, 2.05) is 0 Å². The molecule has 0 N–H and O–H groups in total. The molecular formula is CNNaO4. The van der Waals surface area contributed by atoms with Crippen LogP contribution >= 0.6 is 0 Å². The molecule has 0 rings (SSSR count). The van der Waals surface area contributed by atoms with Crippen molar-refractivity contribution in [2.45, 2.75) is 0 Å². The quantitative estimate of drug-likeness (QED) is 0.180. The molecule has 0 bridgehead atoms. The Bertz CT molecular complexity index is 77.7. The average Bonchev–Trinajstić information content (AvgIpc) is 1.36. The zero-order chi connectivity index (χ0) is 5.15. The largest absolute Gasteiger partial charge is 1.00 e. The molecule has 1 amide bonds. The summed E-state index contributed by atoms with van der Waals surface area (Å²) >= 11 is 0. The number of hydrogen-bond acceptors (Lipinski definition) is 4. The van der Waals surface area contributed by atoms with Crippen molar-refractivity contribution >= 4 is 6.09 Å². The van der Waals surface area contributed by atoms with Crippen molar-refractivity contribution < 1.29 is 44.4 Å². The zero-order valence-electron chi connectivity index (χ0n) is 3.58. The molecule has 0 atom stereocenters. The van der Waals surface area contributed by atoms with E-state index in [2.05, 4.69) is 0 Å². The van der Waals surface area contributed by atoms with Gasteiger partial charge in [0.05, 0.1) is 4.92 Å². The minimum absolute atomic E-state index is 0. The molecular weight excluding hydrogens is 113 g/mol. The molecule has 0 aliphatic carbocycles. The van der Waals surface area contributed by atoms with Gasteiger partial charge in [-0.15, -0.1) is 0 Å². The Balaban J connectivity index is 0. The molecule has 0 spiro atoms. The van der Waals surface area contributed by atoms with Crippen LogP contribution in [0.15, 0.2) is 0 Å². The van der Waals surface area contributed by atoms with Crippen molar-refractivity contribution in [2.75, 3.05) is 0 Å². The summed E-state index contributed by atoms with van der Waals surface area (Å²) in [6.07, 6.45) is -2.27. The first kappa shape index (κ1) is 9.98. The van der Waals surface area contributed by atoms with Gasteiger partial charge in [0.2, 0.25) is 0 Å². The molecule has 34 valence electrons. The van der Waals surface area contributed by atoms with Crippen LogP contribution in [-0.4, -0.2) is 11.0 Å². The molecule has 0 aromatic carbocycles. The van der Waals surface area contributed by atoms with Crippen LogP contribution in [0.1, 0.15) is 0 Å². The van der Waals surface area contributed by atoms with Crippen molar-refractivity contribution in [1.29, 1.82) is 0 Å². The first-order valence-corrected chi connectivity index (χ1v) is 0.997. The van der Waals surface area contributed by atoms with Gasteiger partial charge in [0.1, 0.15) is 0 Å². The van der Waals surface area contributed by atoms with Crippen LogP contribution in [0, 0.1) is 10.1 Å². The standard InChI is InChI=1S/CHNO4.Na/c3-1(4)2(5)6;/h(H,3,4);/q;+1/p-1. The van der Waals surface area contributed by atoms with Gasteiger partial charge in [-0.3, -0.25) is 10.1 Å². The molecule has 5 nitrogen and oxygen atoms in total. The van der Waals surface area contributed by atoms with Crippen LogP contribution < -0.4 is 34.7 Å². The summed E-state index contributed by atoms with van der Waals surface area (Å²) < 4.78 is 0. The molecule has 0 unspecified atom stereocenters. The third kappa shape index (κ3) is 5.87. The fraction of sp³-hybridized carbons (Fsp3) is 0. The molecule has 0 saturated carbocycles. The molecule has 0 heterocycles. The van der Waals surface area contributed by atoms with Crippen molar-refractivity contribution in [3.8, 4) is 0 Å². The molecule has 0 aliphatic rings. The van der Waals surface area contributed by atoms with Gasteiger partial charge in [-0.25, -0.2) is 0 Å². The van der Waals surface area contributed by atoms with E-state index in [0.717, 1.165) is 0 Å².